The van der Waals surface area contributed by atoms with Gasteiger partial charge in [-0.15, -0.1) is 0 Å². The Balaban J connectivity index is 1.16. The molecule has 1 aromatic carbocycles. The molecule has 2 aliphatic heterocycles. The molecular formula is C37H41Cl2N7O5. The van der Waals surface area contributed by atoms with Crippen LogP contribution in [0.2, 0.25) is 10.0 Å². The molecular weight excluding hydrogens is 693 g/mol. The molecule has 14 heteroatoms. The number of piperidine rings is 1. The van der Waals surface area contributed by atoms with Crippen molar-refractivity contribution >= 4 is 40.7 Å². The van der Waals surface area contributed by atoms with Gasteiger partial charge in [0.25, 0.3) is 5.91 Å². The number of rotatable bonds is 12. The lowest BCUT2D eigenvalue weighted by Gasteiger charge is -2.38. The molecule has 5 heterocycles. The molecule has 0 unspecified atom stereocenters. The van der Waals surface area contributed by atoms with Gasteiger partial charge >= 0.3 is 0 Å². The minimum absolute atomic E-state index is 0.114. The first-order chi connectivity index (χ1) is 24.7. The molecule has 0 atom stereocenters. The van der Waals surface area contributed by atoms with Gasteiger partial charge in [-0.1, -0.05) is 41.4 Å². The summed E-state index contributed by atoms with van der Waals surface area (Å²) < 4.78 is 11.2. The Hall–Kier alpha value is -4.33. The number of pyridine rings is 3. The third-order valence-corrected chi connectivity index (χ3v) is 10.2. The number of hydrogen-bond acceptors (Lipinski definition) is 10. The third kappa shape index (κ3) is 8.26. The molecule has 2 fully saturated rings. The molecule has 3 aromatic heterocycles. The number of aliphatic hydroxyl groups excluding tert-OH is 1. The number of halogens is 2. The Morgan fingerprint density at radius 2 is 1.76 bits per heavy atom. The lowest BCUT2D eigenvalue weighted by Crippen LogP contribution is -2.47. The van der Waals surface area contributed by atoms with Crippen LogP contribution in [-0.4, -0.2) is 94.7 Å². The van der Waals surface area contributed by atoms with E-state index in [-0.39, 0.29) is 29.1 Å². The number of nitrogens with zero attached hydrogens (tertiary/aromatic N) is 5. The van der Waals surface area contributed by atoms with E-state index in [0.717, 1.165) is 50.1 Å². The van der Waals surface area contributed by atoms with Gasteiger partial charge in [0.2, 0.25) is 11.8 Å². The van der Waals surface area contributed by atoms with Crippen molar-refractivity contribution < 1.29 is 24.2 Å². The second-order valence-corrected chi connectivity index (χ2v) is 13.5. The Kier molecular flexibility index (Phi) is 11.7. The quantitative estimate of drug-likeness (QED) is 0.176. The molecule has 4 aromatic rings. The van der Waals surface area contributed by atoms with Gasteiger partial charge in [-0.2, -0.15) is 0 Å². The fourth-order valence-corrected chi connectivity index (χ4v) is 7.04. The van der Waals surface area contributed by atoms with Crippen molar-refractivity contribution in [3.8, 4) is 34.1 Å². The van der Waals surface area contributed by atoms with Crippen molar-refractivity contribution in [3.63, 3.8) is 0 Å². The lowest BCUT2D eigenvalue weighted by atomic mass is 10.0. The zero-order valence-electron chi connectivity index (χ0n) is 28.8. The summed E-state index contributed by atoms with van der Waals surface area (Å²) in [6.45, 7) is 6.07. The van der Waals surface area contributed by atoms with Gasteiger partial charge < -0.3 is 30.1 Å². The van der Waals surface area contributed by atoms with Gasteiger partial charge in [-0.3, -0.25) is 24.5 Å². The number of carbonyl (C=O) groups is 2. The second-order valence-electron chi connectivity index (χ2n) is 12.8. The maximum atomic E-state index is 13.3. The number of ether oxygens (including phenoxy) is 2. The Bertz CT molecular complexity index is 1900. The van der Waals surface area contributed by atoms with Crippen LogP contribution in [0.4, 0.5) is 5.69 Å². The number of anilines is 1. The summed E-state index contributed by atoms with van der Waals surface area (Å²) in [5.74, 6) is 0.978. The van der Waals surface area contributed by atoms with E-state index in [2.05, 4.69) is 25.5 Å². The average molecular weight is 735 g/mol. The van der Waals surface area contributed by atoms with Crippen molar-refractivity contribution in [1.82, 2.24) is 30.1 Å². The lowest BCUT2D eigenvalue weighted by molar-refractivity contribution is -0.129. The van der Waals surface area contributed by atoms with Gasteiger partial charge in [0.1, 0.15) is 11.4 Å². The topological polar surface area (TPSA) is 142 Å². The van der Waals surface area contributed by atoms with Crippen LogP contribution in [0.5, 0.6) is 11.6 Å². The van der Waals surface area contributed by atoms with Gasteiger partial charge in [0.05, 0.1) is 41.3 Å². The Morgan fingerprint density at radius 1 is 0.980 bits per heavy atom. The van der Waals surface area contributed by atoms with Crippen LogP contribution in [0.25, 0.3) is 22.5 Å². The maximum absolute atomic E-state index is 13.3. The van der Waals surface area contributed by atoms with Crippen molar-refractivity contribution in [2.75, 3.05) is 52.3 Å². The molecule has 12 nitrogen and oxygen atoms in total. The first-order valence-corrected chi connectivity index (χ1v) is 17.6. The summed E-state index contributed by atoms with van der Waals surface area (Å²) in [6.07, 6.45) is 5.06. The van der Waals surface area contributed by atoms with E-state index < -0.39 is 5.91 Å². The van der Waals surface area contributed by atoms with E-state index in [0.29, 0.717) is 64.0 Å². The molecule has 0 aliphatic carbocycles. The van der Waals surface area contributed by atoms with Crippen LogP contribution in [0.1, 0.15) is 41.4 Å². The van der Waals surface area contributed by atoms with E-state index in [4.69, 9.17) is 37.7 Å². The molecule has 51 heavy (non-hydrogen) atoms. The Morgan fingerprint density at radius 3 is 2.47 bits per heavy atom. The number of benzene rings is 1. The minimum atomic E-state index is -0.455. The fourth-order valence-electron chi connectivity index (χ4n) is 6.47. The number of carbonyl (C=O) groups excluding carboxylic acids is 2. The van der Waals surface area contributed by atoms with E-state index in [1.807, 2.05) is 17.0 Å². The molecule has 3 N–H and O–H groups in total. The van der Waals surface area contributed by atoms with Gasteiger partial charge in [0, 0.05) is 105 Å². The number of amides is 2. The number of methoxy groups -OCH3 is 2. The van der Waals surface area contributed by atoms with E-state index in [1.165, 1.54) is 0 Å². The molecule has 2 aliphatic rings. The maximum Gasteiger partial charge on any atom is 0.274 e. The number of aliphatic hydroxyl groups is 1. The molecule has 2 saturated heterocycles. The van der Waals surface area contributed by atoms with Gasteiger partial charge in [0.15, 0.2) is 0 Å². The van der Waals surface area contributed by atoms with Crippen LogP contribution in [0.15, 0.2) is 54.9 Å². The highest BCUT2D eigenvalue weighted by Gasteiger charge is 2.27. The second kappa shape index (κ2) is 16.3. The Labute approximate surface area is 307 Å². The molecule has 0 radical (unpaired) electrons. The predicted molar refractivity (Wildman–Crippen MR) is 196 cm³/mol. The highest BCUT2D eigenvalue weighted by Crippen LogP contribution is 2.40. The minimum Gasteiger partial charge on any atom is -0.496 e. The highest BCUT2D eigenvalue weighted by molar-refractivity contribution is 6.39. The number of hydrogen-bond donors (Lipinski definition) is 3. The first-order valence-electron chi connectivity index (χ1n) is 16.8. The van der Waals surface area contributed by atoms with Crippen molar-refractivity contribution in [2.24, 2.45) is 5.92 Å². The monoisotopic (exact) mass is 733 g/mol. The van der Waals surface area contributed by atoms with Crippen LogP contribution in [-0.2, 0) is 17.9 Å². The summed E-state index contributed by atoms with van der Waals surface area (Å²) in [6, 6.07) is 12.8. The molecule has 6 rings (SSSR count). The molecule has 0 saturated carbocycles. The molecule has 2 amide bonds. The van der Waals surface area contributed by atoms with Gasteiger partial charge in [-0.25, -0.2) is 4.98 Å². The number of nitrogens with one attached hydrogen (secondary N) is 2. The average Bonchev–Trinajstić information content (AvgIpc) is 3.13. The third-order valence-electron chi connectivity index (χ3n) is 9.40. The molecule has 0 spiro atoms. The summed E-state index contributed by atoms with van der Waals surface area (Å²) in [7, 11) is 3.14. The highest BCUT2D eigenvalue weighted by atomic mass is 35.5. The summed E-state index contributed by atoms with van der Waals surface area (Å²) in [5, 5.41) is 16.4. The molecule has 268 valence electrons. The first kappa shape index (κ1) is 36.5. The van der Waals surface area contributed by atoms with Crippen LogP contribution in [0.3, 0.4) is 0 Å². The van der Waals surface area contributed by atoms with E-state index in [9.17, 15) is 14.7 Å². The number of likely N-dealkylation sites (tertiary alicyclic amines) is 2. The van der Waals surface area contributed by atoms with Crippen LogP contribution in [0, 0.1) is 5.92 Å². The number of aromatic nitrogens is 3. The van der Waals surface area contributed by atoms with Crippen molar-refractivity contribution in [1.29, 1.82) is 0 Å². The summed E-state index contributed by atoms with van der Waals surface area (Å²) in [4.78, 5) is 42.8. The smallest absolute Gasteiger partial charge is 0.274 e. The normalized spacial score (nSPS) is 15.4. The summed E-state index contributed by atoms with van der Waals surface area (Å²) >= 11 is 13.9. The van der Waals surface area contributed by atoms with Crippen LogP contribution < -0.4 is 20.1 Å². The van der Waals surface area contributed by atoms with Crippen molar-refractivity contribution in [2.45, 2.75) is 38.9 Å². The van der Waals surface area contributed by atoms with E-state index in [1.54, 1.807) is 63.9 Å². The van der Waals surface area contributed by atoms with Crippen LogP contribution >= 0.6 is 23.2 Å². The SMILES string of the molecule is COc1cc(C(=O)Nc2cccc(-c3nccc(-c4ccc(CNC5CCN(C(C)=O)CC5)c(OC)n4)c3Cl)c2Cl)ncc1CN1CC(CO)C1. The van der Waals surface area contributed by atoms with Gasteiger partial charge in [-0.05, 0) is 31.0 Å². The zero-order valence-corrected chi connectivity index (χ0v) is 30.3. The molecule has 0 bridgehead atoms. The standard InChI is InChI=1S/C37H41Cl2N7O5/c1-22(48)46-13-10-26(11-14-46)41-16-24-7-8-29(44-37(24)51-3)27-9-12-40-35(34(27)39)28-5-4-6-30(33(28)38)43-36(49)31-15-32(50-2)25(17-42-31)20-45-18-23(19-45)21-47/h4-9,12,15,17,23,26,41,47H,10-11,13-14,16,18-21H2,1-3H3,(H,43,49). The van der Waals surface area contributed by atoms with E-state index >= 15 is 0 Å². The predicted octanol–water partition coefficient (Wildman–Crippen LogP) is 5.31. The summed E-state index contributed by atoms with van der Waals surface area (Å²) in [5.41, 5.74) is 4.50. The zero-order chi connectivity index (χ0) is 36.1. The van der Waals surface area contributed by atoms with Crippen molar-refractivity contribution in [3.05, 3.63) is 81.7 Å². The fraction of sp³-hybridized carbons (Fsp3) is 0.378. The largest absolute Gasteiger partial charge is 0.496 e.